The Hall–Kier alpha value is -2.60. The number of ether oxygens (including phenoxy) is 2. The number of hydrogen-bond donors (Lipinski definition) is 0. The molecule has 1 aromatic carbocycles. The highest BCUT2D eigenvalue weighted by Crippen LogP contribution is 2.33. The highest BCUT2D eigenvalue weighted by atomic mass is 16.5. The third kappa shape index (κ3) is 4.15. The molecule has 1 atom stereocenters. The van der Waals surface area contributed by atoms with Crippen LogP contribution in [-0.2, 0) is 16.0 Å². The largest absolute Gasteiger partial charge is 0.481 e. The van der Waals surface area contributed by atoms with E-state index < -0.39 is 6.10 Å². The Bertz CT molecular complexity index is 1030. The van der Waals surface area contributed by atoms with Crippen molar-refractivity contribution in [3.05, 3.63) is 51.9 Å². The number of aryl methyl sites for hydroxylation is 1. The molecule has 1 fully saturated rings. The molecule has 0 radical (unpaired) electrons. The summed E-state index contributed by atoms with van der Waals surface area (Å²) in [5.74, 6) is 0.479. The number of carbonyl (C=O) groups excluding carboxylic acids is 1. The smallest absolute Gasteiger partial charge is 0.336 e. The predicted octanol–water partition coefficient (Wildman–Crippen LogP) is 3.85. The first-order valence-corrected chi connectivity index (χ1v) is 10.7. The number of piperidine rings is 1. The van der Waals surface area contributed by atoms with Crippen molar-refractivity contribution in [1.82, 2.24) is 4.90 Å². The molecule has 1 amide bonds. The zero-order chi connectivity index (χ0) is 21.3. The number of fused-ring (bicyclic) bond motifs is 1. The van der Waals surface area contributed by atoms with Crippen molar-refractivity contribution < 1.29 is 18.7 Å². The van der Waals surface area contributed by atoms with Crippen LogP contribution in [0.15, 0.2) is 45.1 Å². The number of rotatable bonds is 4. The van der Waals surface area contributed by atoms with E-state index in [9.17, 15) is 9.59 Å². The summed E-state index contributed by atoms with van der Waals surface area (Å²) >= 11 is 0. The van der Waals surface area contributed by atoms with Crippen LogP contribution in [0.1, 0.15) is 45.6 Å². The van der Waals surface area contributed by atoms with Gasteiger partial charge in [0.25, 0.3) is 5.91 Å². The van der Waals surface area contributed by atoms with E-state index in [1.165, 1.54) is 11.6 Å². The first-order chi connectivity index (χ1) is 14.4. The first-order valence-electron chi connectivity index (χ1n) is 10.7. The molecule has 0 N–H and O–H groups in total. The lowest BCUT2D eigenvalue weighted by Gasteiger charge is -2.42. The van der Waals surface area contributed by atoms with E-state index in [0.29, 0.717) is 24.4 Å². The van der Waals surface area contributed by atoms with Crippen LogP contribution < -0.4 is 10.4 Å². The summed E-state index contributed by atoms with van der Waals surface area (Å²) in [6.07, 6.45) is 4.97. The number of nitrogens with zero attached hydrogens (tertiary/aromatic N) is 1. The van der Waals surface area contributed by atoms with Gasteiger partial charge in [-0.2, -0.15) is 0 Å². The molecule has 1 saturated heterocycles. The fourth-order valence-electron chi connectivity index (χ4n) is 4.46. The van der Waals surface area contributed by atoms with Crippen molar-refractivity contribution in [2.24, 2.45) is 0 Å². The molecule has 0 saturated carbocycles. The SMILES string of the molecule is CCc1cc(=O)oc2cc(OC(C)C(=O)N3CCC4(C=C(C)CCO4)CC3)ccc12. The molecule has 1 spiro atoms. The minimum Gasteiger partial charge on any atom is -0.481 e. The first kappa shape index (κ1) is 20.7. The van der Waals surface area contributed by atoms with E-state index >= 15 is 0 Å². The molecule has 0 aliphatic carbocycles. The Balaban J connectivity index is 1.43. The number of carbonyl (C=O) groups is 1. The van der Waals surface area contributed by atoms with Gasteiger partial charge in [-0.3, -0.25) is 4.79 Å². The van der Waals surface area contributed by atoms with Gasteiger partial charge in [-0.15, -0.1) is 0 Å². The third-order valence-corrected chi connectivity index (χ3v) is 6.16. The molecule has 2 aromatic rings. The number of likely N-dealkylation sites (tertiary alicyclic amines) is 1. The predicted molar refractivity (Wildman–Crippen MR) is 115 cm³/mol. The van der Waals surface area contributed by atoms with Crippen molar-refractivity contribution in [3.63, 3.8) is 0 Å². The zero-order valence-electron chi connectivity index (χ0n) is 17.9. The molecular weight excluding hydrogens is 382 g/mol. The van der Waals surface area contributed by atoms with E-state index in [4.69, 9.17) is 13.9 Å². The normalized spacial score (nSPS) is 19.6. The Morgan fingerprint density at radius 3 is 2.73 bits per heavy atom. The molecule has 160 valence electrons. The van der Waals surface area contributed by atoms with Crippen molar-refractivity contribution in [3.8, 4) is 5.75 Å². The Morgan fingerprint density at radius 2 is 2.03 bits per heavy atom. The van der Waals surface area contributed by atoms with Gasteiger partial charge in [-0.05, 0) is 57.2 Å². The minimum atomic E-state index is -0.623. The molecule has 1 aromatic heterocycles. The topological polar surface area (TPSA) is 69.0 Å². The number of amides is 1. The molecule has 4 rings (SSSR count). The van der Waals surface area contributed by atoms with Crippen LogP contribution in [0.3, 0.4) is 0 Å². The quantitative estimate of drug-likeness (QED) is 0.565. The maximum absolute atomic E-state index is 12.9. The molecule has 2 aliphatic rings. The monoisotopic (exact) mass is 411 g/mol. The molecule has 3 heterocycles. The van der Waals surface area contributed by atoms with Crippen LogP contribution in [0.2, 0.25) is 0 Å². The molecule has 2 aliphatic heterocycles. The number of benzene rings is 1. The van der Waals surface area contributed by atoms with Gasteiger partial charge >= 0.3 is 5.63 Å². The highest BCUT2D eigenvalue weighted by molar-refractivity contribution is 5.83. The number of hydrogen-bond acceptors (Lipinski definition) is 5. The van der Waals surface area contributed by atoms with Crippen LogP contribution in [0, 0.1) is 0 Å². The fourth-order valence-corrected chi connectivity index (χ4v) is 4.46. The van der Waals surface area contributed by atoms with Gasteiger partial charge < -0.3 is 18.8 Å². The summed E-state index contributed by atoms with van der Waals surface area (Å²) < 4.78 is 17.3. The highest BCUT2D eigenvalue weighted by Gasteiger charge is 2.37. The van der Waals surface area contributed by atoms with E-state index in [-0.39, 0.29) is 17.1 Å². The van der Waals surface area contributed by atoms with Crippen LogP contribution in [0.4, 0.5) is 0 Å². The van der Waals surface area contributed by atoms with Crippen LogP contribution >= 0.6 is 0 Å². The van der Waals surface area contributed by atoms with Gasteiger partial charge in [0, 0.05) is 30.6 Å². The summed E-state index contributed by atoms with van der Waals surface area (Å²) in [7, 11) is 0. The van der Waals surface area contributed by atoms with Crippen molar-refractivity contribution in [2.45, 2.75) is 58.2 Å². The Kier molecular flexibility index (Phi) is 5.69. The summed E-state index contributed by atoms with van der Waals surface area (Å²) in [6, 6.07) is 6.91. The molecular formula is C24H29NO5. The molecule has 1 unspecified atom stereocenters. The van der Waals surface area contributed by atoms with Gasteiger partial charge in [0.05, 0.1) is 12.2 Å². The van der Waals surface area contributed by atoms with Crippen molar-refractivity contribution >= 4 is 16.9 Å². The molecule has 30 heavy (non-hydrogen) atoms. The minimum absolute atomic E-state index is 0.0368. The Labute approximate surface area is 176 Å². The van der Waals surface area contributed by atoms with Crippen molar-refractivity contribution in [1.29, 1.82) is 0 Å². The second-order valence-electron chi connectivity index (χ2n) is 8.34. The average molecular weight is 411 g/mol. The van der Waals surface area contributed by atoms with Gasteiger partial charge in [-0.25, -0.2) is 4.79 Å². The molecule has 6 nitrogen and oxygen atoms in total. The second-order valence-corrected chi connectivity index (χ2v) is 8.34. The summed E-state index contributed by atoms with van der Waals surface area (Å²) in [5.41, 5.74) is 2.20. The summed E-state index contributed by atoms with van der Waals surface area (Å²) in [5, 5.41) is 0.889. The lowest BCUT2D eigenvalue weighted by Crippen LogP contribution is -2.51. The Morgan fingerprint density at radius 1 is 1.27 bits per heavy atom. The van der Waals surface area contributed by atoms with Gasteiger partial charge in [0.2, 0.25) is 0 Å². The zero-order valence-corrected chi connectivity index (χ0v) is 17.9. The van der Waals surface area contributed by atoms with E-state index in [2.05, 4.69) is 13.0 Å². The fraction of sp³-hybridized carbons (Fsp3) is 0.500. The third-order valence-electron chi connectivity index (χ3n) is 6.16. The van der Waals surface area contributed by atoms with Crippen LogP contribution in [0.5, 0.6) is 5.75 Å². The van der Waals surface area contributed by atoms with Crippen LogP contribution in [-0.4, -0.2) is 42.2 Å². The average Bonchev–Trinajstić information content (AvgIpc) is 2.72. The maximum atomic E-state index is 12.9. The van der Waals surface area contributed by atoms with Crippen LogP contribution in [0.25, 0.3) is 11.0 Å². The van der Waals surface area contributed by atoms with E-state index in [0.717, 1.165) is 43.2 Å². The van der Waals surface area contributed by atoms with Gasteiger partial charge in [0.15, 0.2) is 6.10 Å². The second kappa shape index (κ2) is 8.26. The lowest BCUT2D eigenvalue weighted by molar-refractivity contribution is -0.142. The van der Waals surface area contributed by atoms with E-state index in [1.54, 1.807) is 13.0 Å². The van der Waals surface area contributed by atoms with Crippen molar-refractivity contribution in [2.75, 3.05) is 19.7 Å². The maximum Gasteiger partial charge on any atom is 0.336 e. The lowest BCUT2D eigenvalue weighted by atomic mass is 9.87. The van der Waals surface area contributed by atoms with E-state index in [1.807, 2.05) is 24.0 Å². The van der Waals surface area contributed by atoms with Gasteiger partial charge in [0.1, 0.15) is 11.3 Å². The summed E-state index contributed by atoms with van der Waals surface area (Å²) in [4.78, 5) is 26.6. The molecule has 0 bridgehead atoms. The van der Waals surface area contributed by atoms with Gasteiger partial charge in [-0.1, -0.05) is 18.6 Å². The standard InChI is InChI=1S/C24H29NO5/c1-4-18-13-22(26)30-21-14-19(5-6-20(18)21)29-17(3)23(27)25-10-8-24(9-11-25)15-16(2)7-12-28-24/h5-6,13-15,17H,4,7-12H2,1-3H3. The summed E-state index contributed by atoms with van der Waals surface area (Å²) in [6.45, 7) is 7.97. The molecule has 6 heteroatoms.